The standard InChI is InChI=1S/C49H42ClFN6O6S/c1-29(2)23-24-57-53-48(38-14-8-10-16-42(38)64(57,61)62)45-30(3)54(40-15-9-7-13-37(40)45)27-43(58)63-44(59)28-55-31(4)46(39-25-33(50)19-22-41(39)55)47-35-11-5-6-12-36(35)49(60)56(52-47)26-32-17-20-34(51)21-18-32/h5-22,25,29H,23-24,26-28H2,1-4H3. The summed E-state index contributed by atoms with van der Waals surface area (Å²) in [5.74, 6) is -1.76. The first-order valence-electron chi connectivity index (χ1n) is 20.8. The summed E-state index contributed by atoms with van der Waals surface area (Å²) in [6.07, 6.45) is 0.605. The number of sulfonamides is 1. The minimum absolute atomic E-state index is 0.0849. The van der Waals surface area contributed by atoms with E-state index < -0.39 is 27.8 Å². The molecule has 0 unspecified atom stereocenters. The smallest absolute Gasteiger partial charge is 0.333 e. The molecule has 15 heteroatoms. The Hall–Kier alpha value is -6.90. The molecule has 0 N–H and O–H groups in total. The molecule has 0 saturated heterocycles. The van der Waals surface area contributed by atoms with Gasteiger partial charge in [-0.25, -0.2) is 18.7 Å². The number of carbonyl (C=O) groups is 2. The Morgan fingerprint density at radius 3 is 2.06 bits per heavy atom. The van der Waals surface area contributed by atoms with Crippen molar-refractivity contribution in [1.82, 2.24) is 23.3 Å². The number of ether oxygens (including phenoxy) is 1. The zero-order valence-electron chi connectivity index (χ0n) is 35.4. The molecule has 64 heavy (non-hydrogen) atoms. The third-order valence-corrected chi connectivity index (χ3v) is 13.7. The van der Waals surface area contributed by atoms with Crippen LogP contribution in [-0.4, -0.2) is 55.9 Å². The molecular formula is C49H42ClFN6O6S. The molecule has 5 aromatic carbocycles. The summed E-state index contributed by atoms with van der Waals surface area (Å²) in [5.41, 5.74) is 5.59. The van der Waals surface area contributed by atoms with Crippen molar-refractivity contribution in [2.75, 3.05) is 6.54 Å². The van der Waals surface area contributed by atoms with E-state index in [9.17, 15) is 27.2 Å². The lowest BCUT2D eigenvalue weighted by atomic mass is 9.99. The number of hydrogen-bond acceptors (Lipinski definition) is 8. The third-order valence-electron chi connectivity index (χ3n) is 11.7. The molecule has 324 valence electrons. The predicted molar refractivity (Wildman–Crippen MR) is 245 cm³/mol. The third kappa shape index (κ3) is 7.56. The minimum atomic E-state index is -3.91. The van der Waals surface area contributed by atoms with E-state index in [1.54, 1.807) is 75.9 Å². The van der Waals surface area contributed by atoms with Crippen molar-refractivity contribution in [3.63, 3.8) is 0 Å². The highest BCUT2D eigenvalue weighted by Crippen LogP contribution is 2.39. The topological polar surface area (TPSA) is 138 Å². The average Bonchev–Trinajstić information content (AvgIpc) is 3.69. The Labute approximate surface area is 372 Å². The van der Waals surface area contributed by atoms with Gasteiger partial charge in [-0.2, -0.15) is 23.0 Å². The number of fused-ring (bicyclic) bond motifs is 4. The van der Waals surface area contributed by atoms with E-state index in [1.165, 1.54) is 21.2 Å². The molecular weight excluding hydrogens is 855 g/mol. The molecule has 0 atom stereocenters. The molecule has 0 saturated carbocycles. The number of halogens is 2. The van der Waals surface area contributed by atoms with Gasteiger partial charge < -0.3 is 13.9 Å². The van der Waals surface area contributed by atoms with Crippen molar-refractivity contribution in [1.29, 1.82) is 0 Å². The molecule has 0 bridgehead atoms. The maximum Gasteiger partial charge on any atom is 0.333 e. The van der Waals surface area contributed by atoms with Crippen molar-refractivity contribution in [3.8, 4) is 11.3 Å². The molecule has 3 aromatic heterocycles. The summed E-state index contributed by atoms with van der Waals surface area (Å²) in [5, 5.41) is 12.5. The summed E-state index contributed by atoms with van der Waals surface area (Å²) in [4.78, 5) is 41.6. The Bertz CT molecular complexity index is 3410. The van der Waals surface area contributed by atoms with Crippen LogP contribution in [0.1, 0.15) is 48.3 Å². The zero-order chi connectivity index (χ0) is 45.0. The fourth-order valence-electron chi connectivity index (χ4n) is 8.57. The van der Waals surface area contributed by atoms with Crippen LogP contribution in [0, 0.1) is 25.6 Å². The number of hydrogen-bond donors (Lipinski definition) is 0. The zero-order valence-corrected chi connectivity index (χ0v) is 37.0. The number of nitrogens with zero attached hydrogens (tertiary/aromatic N) is 6. The molecule has 0 radical (unpaired) electrons. The van der Waals surface area contributed by atoms with Crippen LogP contribution >= 0.6 is 11.6 Å². The van der Waals surface area contributed by atoms with Crippen molar-refractivity contribution >= 4 is 71.9 Å². The summed E-state index contributed by atoms with van der Waals surface area (Å²) < 4.78 is 52.8. The first kappa shape index (κ1) is 42.4. The number of aromatic nitrogens is 4. The second-order valence-corrected chi connectivity index (χ2v) is 18.5. The van der Waals surface area contributed by atoms with Gasteiger partial charge in [-0.3, -0.25) is 4.79 Å². The molecule has 12 nitrogen and oxygen atoms in total. The first-order valence-corrected chi connectivity index (χ1v) is 22.6. The van der Waals surface area contributed by atoms with Crippen LogP contribution < -0.4 is 5.56 Å². The van der Waals surface area contributed by atoms with E-state index >= 15 is 0 Å². The number of benzene rings is 5. The highest BCUT2D eigenvalue weighted by molar-refractivity contribution is 7.89. The number of carbonyl (C=O) groups excluding carboxylic acids is 2. The molecule has 0 aliphatic carbocycles. The second kappa shape index (κ2) is 16.7. The van der Waals surface area contributed by atoms with Crippen LogP contribution in [0.2, 0.25) is 5.02 Å². The van der Waals surface area contributed by atoms with Gasteiger partial charge in [0.1, 0.15) is 30.3 Å². The van der Waals surface area contributed by atoms with E-state index in [-0.39, 0.29) is 42.6 Å². The maximum absolute atomic E-state index is 13.8. The Balaban J connectivity index is 1.05. The Kier molecular flexibility index (Phi) is 11.0. The SMILES string of the molecule is Cc1c(C2=NN(CCC(C)C)S(=O)(=O)c3ccccc32)c2ccccc2n1CC(=O)OC(=O)Cn1c(C)c(-c2nn(Cc3ccc(F)cc3)c(=O)c3ccccc23)c2cc(Cl)ccc21. The Morgan fingerprint density at radius 1 is 0.750 bits per heavy atom. The number of esters is 2. The van der Waals surface area contributed by atoms with Crippen LogP contribution in [0.5, 0.6) is 0 Å². The number of hydrazone groups is 1. The molecule has 4 heterocycles. The molecule has 1 aliphatic heterocycles. The monoisotopic (exact) mass is 896 g/mol. The lowest BCUT2D eigenvalue weighted by Gasteiger charge is -2.27. The van der Waals surface area contributed by atoms with E-state index in [0.29, 0.717) is 83.7 Å². The van der Waals surface area contributed by atoms with E-state index in [1.807, 2.05) is 64.1 Å². The summed E-state index contributed by atoms with van der Waals surface area (Å²) in [6.45, 7) is 7.33. The van der Waals surface area contributed by atoms with Crippen molar-refractivity contribution in [2.24, 2.45) is 11.0 Å². The predicted octanol–water partition coefficient (Wildman–Crippen LogP) is 9.00. The van der Waals surface area contributed by atoms with Gasteiger partial charge >= 0.3 is 11.9 Å². The van der Waals surface area contributed by atoms with Crippen molar-refractivity contribution < 1.29 is 27.1 Å². The maximum atomic E-state index is 13.8. The quantitative estimate of drug-likeness (QED) is 0.0934. The van der Waals surface area contributed by atoms with Gasteiger partial charge in [0, 0.05) is 60.3 Å². The van der Waals surface area contributed by atoms with Gasteiger partial charge in [0.05, 0.1) is 23.4 Å². The van der Waals surface area contributed by atoms with Gasteiger partial charge in [0.15, 0.2) is 0 Å². The number of rotatable bonds is 11. The van der Waals surface area contributed by atoms with Crippen LogP contribution in [0.4, 0.5) is 4.39 Å². The van der Waals surface area contributed by atoms with Gasteiger partial charge in [-0.05, 0) is 80.3 Å². The van der Waals surface area contributed by atoms with Crippen molar-refractivity contribution in [2.45, 2.75) is 58.6 Å². The summed E-state index contributed by atoms with van der Waals surface area (Å²) in [7, 11) is -3.91. The molecule has 0 amide bonds. The van der Waals surface area contributed by atoms with Crippen LogP contribution in [0.25, 0.3) is 43.8 Å². The second-order valence-electron chi connectivity index (χ2n) is 16.3. The Morgan fingerprint density at radius 2 is 1.36 bits per heavy atom. The van der Waals surface area contributed by atoms with E-state index in [4.69, 9.17) is 26.5 Å². The highest BCUT2D eigenvalue weighted by Gasteiger charge is 2.35. The van der Waals surface area contributed by atoms with Gasteiger partial charge in [0.25, 0.3) is 15.6 Å². The van der Waals surface area contributed by atoms with Crippen LogP contribution in [0.3, 0.4) is 0 Å². The lowest BCUT2D eigenvalue weighted by molar-refractivity contribution is -0.160. The van der Waals surface area contributed by atoms with E-state index in [0.717, 1.165) is 5.39 Å². The van der Waals surface area contributed by atoms with Crippen LogP contribution in [0.15, 0.2) is 130 Å². The normalized spacial score (nSPS) is 13.5. The van der Waals surface area contributed by atoms with Gasteiger partial charge in [0.2, 0.25) is 0 Å². The molecule has 0 spiro atoms. The fourth-order valence-corrected chi connectivity index (χ4v) is 10.2. The molecule has 8 aromatic rings. The van der Waals surface area contributed by atoms with Gasteiger partial charge in [-0.15, -0.1) is 0 Å². The highest BCUT2D eigenvalue weighted by atomic mass is 35.5. The molecule has 0 fully saturated rings. The molecule has 9 rings (SSSR count). The molecule has 1 aliphatic rings. The summed E-state index contributed by atoms with van der Waals surface area (Å²) in [6, 6.07) is 32.4. The first-order chi connectivity index (χ1) is 30.7. The number of para-hydroxylation sites is 1. The van der Waals surface area contributed by atoms with Gasteiger partial charge in [-0.1, -0.05) is 92.2 Å². The largest absolute Gasteiger partial charge is 0.390 e. The minimum Gasteiger partial charge on any atom is -0.390 e. The average molecular weight is 897 g/mol. The van der Waals surface area contributed by atoms with E-state index in [2.05, 4.69) is 0 Å². The lowest BCUT2D eigenvalue weighted by Crippen LogP contribution is -2.34. The van der Waals surface area contributed by atoms with Crippen LogP contribution in [-0.2, 0) is 44.0 Å². The fraction of sp³-hybridized carbons (Fsp3) is 0.204. The summed E-state index contributed by atoms with van der Waals surface area (Å²) >= 11 is 6.57. The van der Waals surface area contributed by atoms with Crippen molar-refractivity contribution in [3.05, 3.63) is 165 Å².